The minimum atomic E-state index is -0.244. The van der Waals surface area contributed by atoms with E-state index < -0.39 is 0 Å². The Morgan fingerprint density at radius 2 is 2.16 bits per heavy atom. The molecule has 1 aliphatic heterocycles. The maximum absolute atomic E-state index is 12.8. The van der Waals surface area contributed by atoms with Gasteiger partial charge in [-0.1, -0.05) is 24.9 Å². The van der Waals surface area contributed by atoms with Crippen molar-refractivity contribution in [2.45, 2.75) is 58.5 Å². The molecule has 4 rings (SSSR count). The lowest BCUT2D eigenvalue weighted by atomic mass is 10.2. The lowest BCUT2D eigenvalue weighted by Gasteiger charge is -2.22. The van der Waals surface area contributed by atoms with Gasteiger partial charge in [0, 0.05) is 37.5 Å². The number of H-pyrrole nitrogens is 1. The van der Waals surface area contributed by atoms with Gasteiger partial charge in [0.25, 0.3) is 5.56 Å². The first-order chi connectivity index (χ1) is 15.5. The number of hydrogen-bond acceptors (Lipinski definition) is 5. The molecule has 2 N–H and O–H groups in total. The smallest absolute Gasteiger partial charge is 0.317 e. The van der Waals surface area contributed by atoms with Crippen molar-refractivity contribution in [2.75, 3.05) is 13.1 Å². The van der Waals surface area contributed by atoms with Crippen molar-refractivity contribution in [1.82, 2.24) is 34.9 Å². The highest BCUT2D eigenvalue weighted by molar-refractivity contribution is 6.31. The predicted octanol–water partition coefficient (Wildman–Crippen LogP) is 3.06. The van der Waals surface area contributed by atoms with E-state index in [1.165, 1.54) is 6.42 Å². The Kier molecular flexibility index (Phi) is 7.04. The van der Waals surface area contributed by atoms with Gasteiger partial charge in [-0.3, -0.25) is 4.79 Å². The van der Waals surface area contributed by atoms with Crippen molar-refractivity contribution in [3.05, 3.63) is 51.0 Å². The average Bonchev–Trinajstić information content (AvgIpc) is 2.99. The predicted molar refractivity (Wildman–Crippen MR) is 123 cm³/mol. The summed E-state index contributed by atoms with van der Waals surface area (Å²) >= 11 is 6.04. The molecule has 0 radical (unpaired) electrons. The Morgan fingerprint density at radius 3 is 3.00 bits per heavy atom. The zero-order valence-corrected chi connectivity index (χ0v) is 19.0. The third-order valence-electron chi connectivity index (χ3n) is 5.65. The summed E-state index contributed by atoms with van der Waals surface area (Å²) in [5.41, 5.74) is 0.270. The van der Waals surface area contributed by atoms with Crippen LogP contribution in [0.15, 0.2) is 23.0 Å². The lowest BCUT2D eigenvalue weighted by Crippen LogP contribution is -2.41. The van der Waals surface area contributed by atoms with Crippen molar-refractivity contribution in [1.29, 1.82) is 0 Å². The maximum Gasteiger partial charge on any atom is 0.317 e. The molecule has 1 aliphatic rings. The number of nitrogens with one attached hydrogen (secondary N) is 2. The van der Waals surface area contributed by atoms with Gasteiger partial charge in [0.05, 0.1) is 17.4 Å². The van der Waals surface area contributed by atoms with Gasteiger partial charge in [0.1, 0.15) is 17.5 Å². The molecule has 3 heterocycles. The topological polar surface area (TPSA) is 109 Å². The average molecular weight is 458 g/mol. The van der Waals surface area contributed by atoms with Crippen LogP contribution >= 0.6 is 11.6 Å². The summed E-state index contributed by atoms with van der Waals surface area (Å²) < 4.78 is 2.19. The molecule has 0 atom stereocenters. The standard InChI is InChI=1S/C22H28ClN7O2/c1-2-11-29(14-18-25-17-13-15(23)7-8-16(17)21(31)26-18)22(32)24-10-9-20-28-27-19-6-4-3-5-12-30(19)20/h7-8,13H,2-6,9-12,14H2,1H3,(H,24,32)(H,25,26,31). The van der Waals surface area contributed by atoms with Gasteiger partial charge in [-0.15, -0.1) is 10.2 Å². The summed E-state index contributed by atoms with van der Waals surface area (Å²) in [6.45, 7) is 4.16. The number of carbonyl (C=O) groups excluding carboxylic acids is 1. The molecule has 0 unspecified atom stereocenters. The van der Waals surface area contributed by atoms with Crippen LogP contribution in [0, 0.1) is 0 Å². The first-order valence-corrected chi connectivity index (χ1v) is 11.5. The number of carbonyl (C=O) groups is 1. The first kappa shape index (κ1) is 22.3. The highest BCUT2D eigenvalue weighted by Gasteiger charge is 2.17. The minimum absolute atomic E-state index is 0.198. The maximum atomic E-state index is 12.8. The lowest BCUT2D eigenvalue weighted by molar-refractivity contribution is 0.194. The fraction of sp³-hybridized carbons (Fsp3) is 0.500. The van der Waals surface area contributed by atoms with E-state index in [-0.39, 0.29) is 18.1 Å². The highest BCUT2D eigenvalue weighted by Crippen LogP contribution is 2.16. The Labute approximate surface area is 191 Å². The zero-order chi connectivity index (χ0) is 22.5. The Morgan fingerprint density at radius 1 is 1.28 bits per heavy atom. The van der Waals surface area contributed by atoms with E-state index in [1.54, 1.807) is 23.1 Å². The van der Waals surface area contributed by atoms with Crippen molar-refractivity contribution in [3.8, 4) is 0 Å². The fourth-order valence-electron chi connectivity index (χ4n) is 4.06. The number of nitrogens with zero attached hydrogens (tertiary/aromatic N) is 5. The summed E-state index contributed by atoms with van der Waals surface area (Å²) in [5.74, 6) is 2.39. The van der Waals surface area contributed by atoms with Crippen LogP contribution in [0.4, 0.5) is 4.79 Å². The van der Waals surface area contributed by atoms with E-state index in [2.05, 4.69) is 30.0 Å². The molecule has 0 fully saturated rings. The van der Waals surface area contributed by atoms with E-state index in [0.717, 1.165) is 43.9 Å². The SMILES string of the molecule is CCCN(Cc1nc2cc(Cl)ccc2c(=O)[nH]1)C(=O)NCCc1nnc2n1CCCCC2. The molecular weight excluding hydrogens is 430 g/mol. The second-order valence-corrected chi connectivity index (χ2v) is 8.51. The highest BCUT2D eigenvalue weighted by atomic mass is 35.5. The largest absolute Gasteiger partial charge is 0.338 e. The number of halogens is 1. The number of rotatable bonds is 7. The first-order valence-electron chi connectivity index (χ1n) is 11.2. The number of aryl methyl sites for hydroxylation is 1. The Hall–Kier alpha value is -2.94. The van der Waals surface area contributed by atoms with Crippen LogP contribution < -0.4 is 10.9 Å². The van der Waals surface area contributed by atoms with Crippen LogP contribution in [-0.2, 0) is 25.9 Å². The summed E-state index contributed by atoms with van der Waals surface area (Å²) in [4.78, 5) is 34.2. The number of amides is 2. The molecule has 0 saturated heterocycles. The second-order valence-electron chi connectivity index (χ2n) is 8.07. The van der Waals surface area contributed by atoms with Crippen LogP contribution in [0.25, 0.3) is 10.9 Å². The molecule has 2 aromatic heterocycles. The van der Waals surface area contributed by atoms with Crippen LogP contribution in [0.1, 0.15) is 50.1 Å². The van der Waals surface area contributed by atoms with Crippen molar-refractivity contribution >= 4 is 28.5 Å². The molecule has 0 aliphatic carbocycles. The molecule has 10 heteroatoms. The number of urea groups is 1. The van der Waals surface area contributed by atoms with Gasteiger partial charge in [0.2, 0.25) is 0 Å². The normalized spacial score (nSPS) is 13.6. The molecule has 9 nitrogen and oxygen atoms in total. The van der Waals surface area contributed by atoms with E-state index in [0.29, 0.717) is 41.3 Å². The second kappa shape index (κ2) is 10.1. The van der Waals surface area contributed by atoms with E-state index in [4.69, 9.17) is 11.6 Å². The van der Waals surface area contributed by atoms with Crippen LogP contribution in [0.2, 0.25) is 5.02 Å². The summed E-state index contributed by atoms with van der Waals surface area (Å²) in [6.07, 6.45) is 5.88. The van der Waals surface area contributed by atoms with E-state index in [1.807, 2.05) is 6.92 Å². The third kappa shape index (κ3) is 5.09. The number of fused-ring (bicyclic) bond motifs is 2. The van der Waals surface area contributed by atoms with Crippen molar-refractivity contribution in [3.63, 3.8) is 0 Å². The van der Waals surface area contributed by atoms with E-state index >= 15 is 0 Å². The van der Waals surface area contributed by atoms with Gasteiger partial charge in [-0.25, -0.2) is 9.78 Å². The van der Waals surface area contributed by atoms with Gasteiger partial charge in [-0.05, 0) is 37.5 Å². The molecule has 0 saturated carbocycles. The van der Waals surface area contributed by atoms with Gasteiger partial charge >= 0.3 is 6.03 Å². The van der Waals surface area contributed by atoms with Crippen LogP contribution in [0.5, 0.6) is 0 Å². The molecule has 1 aromatic carbocycles. The van der Waals surface area contributed by atoms with Crippen molar-refractivity contribution < 1.29 is 4.79 Å². The van der Waals surface area contributed by atoms with Crippen LogP contribution in [-0.4, -0.2) is 48.8 Å². The quantitative estimate of drug-likeness (QED) is 0.566. The Balaban J connectivity index is 1.40. The molecule has 0 spiro atoms. The fourth-order valence-corrected chi connectivity index (χ4v) is 4.23. The molecular formula is C22H28ClN7O2. The minimum Gasteiger partial charge on any atom is -0.338 e. The third-order valence-corrected chi connectivity index (χ3v) is 5.89. The van der Waals surface area contributed by atoms with Crippen LogP contribution in [0.3, 0.4) is 0 Å². The molecule has 2 amide bonds. The number of hydrogen-bond donors (Lipinski definition) is 2. The van der Waals surface area contributed by atoms with E-state index in [9.17, 15) is 9.59 Å². The molecule has 170 valence electrons. The number of aromatic nitrogens is 5. The monoisotopic (exact) mass is 457 g/mol. The van der Waals surface area contributed by atoms with Gasteiger partial charge in [0.15, 0.2) is 0 Å². The molecule has 0 bridgehead atoms. The summed E-state index contributed by atoms with van der Waals surface area (Å²) in [5, 5.41) is 12.6. The Bertz CT molecular complexity index is 1160. The molecule has 32 heavy (non-hydrogen) atoms. The zero-order valence-electron chi connectivity index (χ0n) is 18.2. The molecule has 3 aromatic rings. The van der Waals surface area contributed by atoms with Gasteiger partial charge < -0.3 is 19.8 Å². The van der Waals surface area contributed by atoms with Crippen molar-refractivity contribution in [2.24, 2.45) is 0 Å². The number of aromatic amines is 1. The summed E-state index contributed by atoms with van der Waals surface area (Å²) in [6, 6.07) is 4.76. The number of benzene rings is 1. The van der Waals surface area contributed by atoms with Gasteiger partial charge in [-0.2, -0.15) is 0 Å². The summed E-state index contributed by atoms with van der Waals surface area (Å²) in [7, 11) is 0.